The summed E-state index contributed by atoms with van der Waals surface area (Å²) in [4.78, 5) is 8.25. The van der Waals surface area contributed by atoms with Crippen LogP contribution in [0, 0.1) is 0 Å². The van der Waals surface area contributed by atoms with Crippen molar-refractivity contribution in [2.75, 3.05) is 0 Å². The van der Waals surface area contributed by atoms with Crippen molar-refractivity contribution >= 4 is 23.7 Å². The molecular weight excluding hydrogens is 164 g/mol. The Labute approximate surface area is 69.2 Å². The minimum Gasteiger partial charge on any atom is -0.284 e. The monoisotopic (exact) mass is 170 g/mol. The molecule has 0 saturated heterocycles. The number of allylic oxidation sites excluding steroid dienone is 1. The van der Waals surface area contributed by atoms with Gasteiger partial charge in [-0.2, -0.15) is 0 Å². The summed E-state index contributed by atoms with van der Waals surface area (Å²) in [6.07, 6.45) is 3.18. The van der Waals surface area contributed by atoms with E-state index >= 15 is 0 Å². The molecule has 0 aliphatic carbocycles. The number of halogens is 1. The van der Waals surface area contributed by atoms with Crippen LogP contribution < -0.4 is 5.43 Å². The number of hydrogen-bond acceptors (Lipinski definition) is 4. The molecule has 1 unspecified atom stereocenters. The summed E-state index contributed by atoms with van der Waals surface area (Å²) in [6.45, 7) is 1.90. The van der Waals surface area contributed by atoms with Gasteiger partial charge in [0.1, 0.15) is 11.5 Å². The van der Waals surface area contributed by atoms with Gasteiger partial charge < -0.3 is 0 Å². The van der Waals surface area contributed by atoms with Crippen molar-refractivity contribution in [3.8, 4) is 0 Å². The lowest BCUT2D eigenvalue weighted by molar-refractivity contribution is 0.272. The zero-order valence-corrected chi connectivity index (χ0v) is 6.71. The summed E-state index contributed by atoms with van der Waals surface area (Å²) in [7, 11) is 0. The maximum absolute atomic E-state index is 5.88. The van der Waals surface area contributed by atoms with E-state index in [-0.39, 0.29) is 6.29 Å². The zero-order valence-electron chi connectivity index (χ0n) is 5.95. The summed E-state index contributed by atoms with van der Waals surface area (Å²) in [5.74, 6) is 0. The second-order valence-electron chi connectivity index (χ2n) is 2.36. The SMILES string of the molecule is CC1=NC2N=CNN2C(Cl)=C1. The molecule has 0 aromatic rings. The summed E-state index contributed by atoms with van der Waals surface area (Å²) in [6, 6.07) is 0. The number of nitrogens with one attached hydrogen (secondary N) is 1. The van der Waals surface area contributed by atoms with Crippen LogP contribution in [0.2, 0.25) is 0 Å². The minimum atomic E-state index is -0.201. The Balaban J connectivity index is 2.33. The van der Waals surface area contributed by atoms with E-state index in [0.29, 0.717) is 5.16 Å². The third-order valence-corrected chi connectivity index (χ3v) is 1.80. The van der Waals surface area contributed by atoms with Crippen LogP contribution in [0.4, 0.5) is 0 Å². The molecule has 2 aliphatic rings. The number of rotatable bonds is 0. The Morgan fingerprint density at radius 3 is 3.36 bits per heavy atom. The molecule has 0 fully saturated rings. The van der Waals surface area contributed by atoms with Crippen molar-refractivity contribution in [3.63, 3.8) is 0 Å². The summed E-state index contributed by atoms with van der Waals surface area (Å²) in [5, 5.41) is 2.31. The molecule has 11 heavy (non-hydrogen) atoms. The van der Waals surface area contributed by atoms with Gasteiger partial charge >= 0.3 is 0 Å². The summed E-state index contributed by atoms with van der Waals surface area (Å²) >= 11 is 5.88. The van der Waals surface area contributed by atoms with E-state index in [1.807, 2.05) is 6.92 Å². The minimum absolute atomic E-state index is 0.201. The van der Waals surface area contributed by atoms with Crippen LogP contribution in [0.3, 0.4) is 0 Å². The van der Waals surface area contributed by atoms with Crippen LogP contribution >= 0.6 is 11.6 Å². The maximum Gasteiger partial charge on any atom is 0.236 e. The molecule has 2 rings (SSSR count). The second kappa shape index (κ2) is 2.23. The van der Waals surface area contributed by atoms with Gasteiger partial charge in [0.15, 0.2) is 0 Å². The van der Waals surface area contributed by atoms with Gasteiger partial charge in [0.2, 0.25) is 6.29 Å². The molecule has 58 valence electrons. The second-order valence-corrected chi connectivity index (χ2v) is 2.75. The van der Waals surface area contributed by atoms with Crippen molar-refractivity contribution in [1.82, 2.24) is 10.4 Å². The molecule has 4 nitrogen and oxygen atoms in total. The smallest absolute Gasteiger partial charge is 0.236 e. The highest BCUT2D eigenvalue weighted by Gasteiger charge is 2.24. The van der Waals surface area contributed by atoms with E-state index in [9.17, 15) is 0 Å². The van der Waals surface area contributed by atoms with Gasteiger partial charge in [0.25, 0.3) is 0 Å². The quantitative estimate of drug-likeness (QED) is 0.543. The highest BCUT2D eigenvalue weighted by atomic mass is 35.5. The van der Waals surface area contributed by atoms with Crippen LogP contribution in [0.15, 0.2) is 21.2 Å². The fraction of sp³-hybridized carbons (Fsp3) is 0.333. The van der Waals surface area contributed by atoms with Crippen molar-refractivity contribution < 1.29 is 0 Å². The number of fused-ring (bicyclic) bond motifs is 1. The Bertz CT molecular complexity index is 268. The molecular formula is C6H7ClN4. The molecule has 0 bridgehead atoms. The number of aliphatic imine (C=N–C) groups is 2. The molecule has 0 aromatic carbocycles. The van der Waals surface area contributed by atoms with Crippen LogP contribution in [0.1, 0.15) is 6.92 Å². The Kier molecular flexibility index (Phi) is 1.35. The predicted molar refractivity (Wildman–Crippen MR) is 44.3 cm³/mol. The molecule has 0 amide bonds. The number of hydrogen-bond donors (Lipinski definition) is 1. The van der Waals surface area contributed by atoms with E-state index in [0.717, 1.165) is 5.71 Å². The van der Waals surface area contributed by atoms with E-state index in [1.165, 1.54) is 0 Å². The summed E-state index contributed by atoms with van der Waals surface area (Å²) < 4.78 is 0. The van der Waals surface area contributed by atoms with Gasteiger partial charge in [-0.3, -0.25) is 5.43 Å². The Morgan fingerprint density at radius 2 is 2.55 bits per heavy atom. The standard InChI is InChI=1S/C6H7ClN4/c1-4-2-5(7)11-6(10-4)8-3-9-11/h2-3,6H,1H3,(H,8,9). The molecule has 0 saturated carbocycles. The van der Waals surface area contributed by atoms with Gasteiger partial charge in [-0.1, -0.05) is 11.6 Å². The molecule has 5 heteroatoms. The predicted octanol–water partition coefficient (Wildman–Crippen LogP) is 0.673. The average molecular weight is 171 g/mol. The third-order valence-electron chi connectivity index (χ3n) is 1.51. The van der Waals surface area contributed by atoms with Crippen molar-refractivity contribution in [1.29, 1.82) is 0 Å². The zero-order chi connectivity index (χ0) is 7.84. The van der Waals surface area contributed by atoms with Gasteiger partial charge in [-0.15, -0.1) is 0 Å². The van der Waals surface area contributed by atoms with Crippen molar-refractivity contribution in [2.45, 2.75) is 13.2 Å². The first-order valence-electron chi connectivity index (χ1n) is 3.26. The molecule has 1 atom stereocenters. The van der Waals surface area contributed by atoms with Gasteiger partial charge in [0, 0.05) is 5.71 Å². The number of nitrogens with zero attached hydrogens (tertiary/aromatic N) is 3. The first-order valence-corrected chi connectivity index (χ1v) is 3.64. The molecule has 2 aliphatic heterocycles. The third kappa shape index (κ3) is 0.991. The highest BCUT2D eigenvalue weighted by molar-refractivity contribution is 6.31. The molecule has 2 heterocycles. The first-order chi connectivity index (χ1) is 5.27. The fourth-order valence-electron chi connectivity index (χ4n) is 1.02. The van der Waals surface area contributed by atoms with Crippen molar-refractivity contribution in [2.24, 2.45) is 9.98 Å². The van der Waals surface area contributed by atoms with Gasteiger partial charge in [0.05, 0.1) is 0 Å². The van der Waals surface area contributed by atoms with Crippen LogP contribution in [-0.2, 0) is 0 Å². The average Bonchev–Trinajstić information content (AvgIpc) is 2.34. The van der Waals surface area contributed by atoms with E-state index in [1.54, 1.807) is 17.4 Å². The lowest BCUT2D eigenvalue weighted by Crippen LogP contribution is -2.37. The molecule has 0 radical (unpaired) electrons. The lowest BCUT2D eigenvalue weighted by Gasteiger charge is -2.24. The van der Waals surface area contributed by atoms with Gasteiger partial charge in [-0.05, 0) is 13.0 Å². The molecule has 0 spiro atoms. The fourth-order valence-corrected chi connectivity index (χ4v) is 1.31. The first kappa shape index (κ1) is 6.67. The largest absolute Gasteiger partial charge is 0.284 e. The van der Waals surface area contributed by atoms with E-state index in [4.69, 9.17) is 11.6 Å². The van der Waals surface area contributed by atoms with Gasteiger partial charge in [-0.25, -0.2) is 15.0 Å². The lowest BCUT2D eigenvalue weighted by atomic mass is 10.4. The van der Waals surface area contributed by atoms with E-state index in [2.05, 4.69) is 15.4 Å². The molecule has 1 N–H and O–H groups in total. The topological polar surface area (TPSA) is 40.0 Å². The molecule has 0 aromatic heterocycles. The Hall–Kier alpha value is -1.03. The summed E-state index contributed by atoms with van der Waals surface area (Å²) in [5.41, 5.74) is 3.76. The maximum atomic E-state index is 5.88. The Morgan fingerprint density at radius 1 is 1.73 bits per heavy atom. The normalized spacial score (nSPS) is 27.5. The number of hydrazine groups is 1. The van der Waals surface area contributed by atoms with E-state index < -0.39 is 0 Å². The van der Waals surface area contributed by atoms with Crippen LogP contribution in [-0.4, -0.2) is 23.3 Å². The van der Waals surface area contributed by atoms with Crippen molar-refractivity contribution in [3.05, 3.63) is 11.2 Å². The van der Waals surface area contributed by atoms with Crippen LogP contribution in [0.25, 0.3) is 0 Å². The van der Waals surface area contributed by atoms with Crippen LogP contribution in [0.5, 0.6) is 0 Å². The highest BCUT2D eigenvalue weighted by Crippen LogP contribution is 2.19.